The first kappa shape index (κ1) is 12.8. The second kappa shape index (κ2) is 4.95. The van der Waals surface area contributed by atoms with Gasteiger partial charge in [-0.05, 0) is 30.3 Å². The van der Waals surface area contributed by atoms with Crippen molar-refractivity contribution in [2.75, 3.05) is 10.5 Å². The van der Waals surface area contributed by atoms with Crippen LogP contribution in [0, 0.1) is 0 Å². The van der Waals surface area contributed by atoms with E-state index in [-0.39, 0.29) is 10.7 Å². The molecular weight excluding hydrogens is 318 g/mol. The maximum Gasteiger partial charge on any atom is 0.263 e. The molecule has 0 aliphatic rings. The molecule has 0 fully saturated rings. The van der Waals surface area contributed by atoms with Gasteiger partial charge in [0, 0.05) is 22.4 Å². The van der Waals surface area contributed by atoms with E-state index in [1.165, 1.54) is 24.4 Å². The topological polar surface area (TPSA) is 85.1 Å². The predicted octanol–water partition coefficient (Wildman–Crippen LogP) is 2.23. The Hall–Kier alpha value is -1.60. The van der Waals surface area contributed by atoms with Crippen LogP contribution in [0.4, 0.5) is 11.5 Å². The van der Waals surface area contributed by atoms with Crippen molar-refractivity contribution < 1.29 is 8.42 Å². The molecule has 0 amide bonds. The summed E-state index contributed by atoms with van der Waals surface area (Å²) in [5.74, 6) is 0.193. The molecule has 5 nitrogen and oxygen atoms in total. The molecule has 0 aliphatic carbocycles. The van der Waals surface area contributed by atoms with Gasteiger partial charge in [-0.1, -0.05) is 15.9 Å². The molecule has 94 valence electrons. The van der Waals surface area contributed by atoms with Gasteiger partial charge in [0.1, 0.15) is 5.82 Å². The number of nitrogens with two attached hydrogens (primary N) is 1. The maximum absolute atomic E-state index is 12.0. The Morgan fingerprint density at radius 1 is 1.17 bits per heavy atom. The number of benzene rings is 1. The molecule has 1 heterocycles. The molecule has 2 aromatic rings. The third kappa shape index (κ3) is 2.99. The van der Waals surface area contributed by atoms with Gasteiger partial charge >= 0.3 is 0 Å². The molecule has 7 heteroatoms. The van der Waals surface area contributed by atoms with Crippen molar-refractivity contribution in [3.05, 3.63) is 47.1 Å². The second-order valence-electron chi connectivity index (χ2n) is 3.53. The Kier molecular flexibility index (Phi) is 3.53. The highest BCUT2D eigenvalue weighted by Crippen LogP contribution is 2.18. The summed E-state index contributed by atoms with van der Waals surface area (Å²) in [5.41, 5.74) is 6.00. The van der Waals surface area contributed by atoms with E-state index in [1.807, 2.05) is 0 Å². The first-order valence-electron chi connectivity index (χ1n) is 4.97. The monoisotopic (exact) mass is 327 g/mol. The SMILES string of the molecule is Nc1ccnc(NS(=O)(=O)c2ccc(Br)cc2)c1. The maximum atomic E-state index is 12.0. The average molecular weight is 328 g/mol. The molecule has 3 N–H and O–H groups in total. The number of anilines is 2. The van der Waals surface area contributed by atoms with Crippen molar-refractivity contribution in [1.82, 2.24) is 4.98 Å². The van der Waals surface area contributed by atoms with Crippen LogP contribution in [0.3, 0.4) is 0 Å². The summed E-state index contributed by atoms with van der Waals surface area (Å²) >= 11 is 3.24. The van der Waals surface area contributed by atoms with Crippen molar-refractivity contribution in [3.63, 3.8) is 0 Å². The Morgan fingerprint density at radius 3 is 2.44 bits per heavy atom. The van der Waals surface area contributed by atoms with E-state index in [2.05, 4.69) is 25.6 Å². The highest BCUT2D eigenvalue weighted by Gasteiger charge is 2.14. The molecule has 0 saturated carbocycles. The zero-order valence-electron chi connectivity index (χ0n) is 9.17. The van der Waals surface area contributed by atoms with E-state index in [9.17, 15) is 8.42 Å². The van der Waals surface area contributed by atoms with Gasteiger partial charge in [0.25, 0.3) is 10.0 Å². The van der Waals surface area contributed by atoms with Crippen LogP contribution < -0.4 is 10.5 Å². The van der Waals surface area contributed by atoms with Gasteiger partial charge in [0.05, 0.1) is 4.90 Å². The summed E-state index contributed by atoms with van der Waals surface area (Å²) in [4.78, 5) is 4.05. The molecule has 1 aromatic heterocycles. The highest BCUT2D eigenvalue weighted by molar-refractivity contribution is 9.10. The summed E-state index contributed by atoms with van der Waals surface area (Å²) < 4.78 is 27.2. The number of rotatable bonds is 3. The molecule has 0 unspecified atom stereocenters. The smallest absolute Gasteiger partial charge is 0.263 e. The van der Waals surface area contributed by atoms with E-state index < -0.39 is 10.0 Å². The van der Waals surface area contributed by atoms with Crippen molar-refractivity contribution >= 4 is 37.5 Å². The minimum Gasteiger partial charge on any atom is -0.399 e. The fourth-order valence-corrected chi connectivity index (χ4v) is 2.58. The summed E-state index contributed by atoms with van der Waals surface area (Å²) in [6, 6.07) is 9.34. The van der Waals surface area contributed by atoms with Crippen LogP contribution in [0.5, 0.6) is 0 Å². The molecule has 0 spiro atoms. The molecule has 1 aromatic carbocycles. The van der Waals surface area contributed by atoms with E-state index in [0.29, 0.717) is 5.69 Å². The lowest BCUT2D eigenvalue weighted by atomic mass is 10.4. The largest absolute Gasteiger partial charge is 0.399 e. The minimum atomic E-state index is -3.64. The summed E-state index contributed by atoms with van der Waals surface area (Å²) in [6.07, 6.45) is 1.44. The van der Waals surface area contributed by atoms with Gasteiger partial charge in [0.15, 0.2) is 0 Å². The van der Waals surface area contributed by atoms with Crippen LogP contribution in [-0.4, -0.2) is 13.4 Å². The Morgan fingerprint density at radius 2 is 1.83 bits per heavy atom. The summed E-state index contributed by atoms with van der Waals surface area (Å²) in [6.45, 7) is 0. The van der Waals surface area contributed by atoms with Crippen molar-refractivity contribution in [1.29, 1.82) is 0 Å². The number of nitrogens with one attached hydrogen (secondary N) is 1. The molecule has 2 rings (SSSR count). The van der Waals surface area contributed by atoms with Gasteiger partial charge in [0.2, 0.25) is 0 Å². The van der Waals surface area contributed by atoms with E-state index >= 15 is 0 Å². The van der Waals surface area contributed by atoms with Gasteiger partial charge in [-0.25, -0.2) is 13.4 Å². The number of nitrogens with zero attached hydrogens (tertiary/aromatic N) is 1. The van der Waals surface area contributed by atoms with Gasteiger partial charge in [-0.15, -0.1) is 0 Å². The first-order chi connectivity index (χ1) is 8.47. The highest BCUT2D eigenvalue weighted by atomic mass is 79.9. The number of sulfonamides is 1. The zero-order chi connectivity index (χ0) is 13.2. The second-order valence-corrected chi connectivity index (χ2v) is 6.13. The first-order valence-corrected chi connectivity index (χ1v) is 7.25. The van der Waals surface area contributed by atoms with Gasteiger partial charge in [-0.3, -0.25) is 4.72 Å². The lowest BCUT2D eigenvalue weighted by Gasteiger charge is -2.07. The van der Waals surface area contributed by atoms with E-state index in [0.717, 1.165) is 4.47 Å². The van der Waals surface area contributed by atoms with Gasteiger partial charge < -0.3 is 5.73 Å². The third-order valence-corrected chi connectivity index (χ3v) is 4.05. The average Bonchev–Trinajstić information content (AvgIpc) is 2.29. The number of aromatic nitrogens is 1. The fourth-order valence-electron chi connectivity index (χ4n) is 1.31. The van der Waals surface area contributed by atoms with Crippen LogP contribution in [0.25, 0.3) is 0 Å². The predicted molar refractivity (Wildman–Crippen MR) is 73.6 cm³/mol. The minimum absolute atomic E-state index is 0.162. The van der Waals surface area contributed by atoms with Crippen molar-refractivity contribution in [3.8, 4) is 0 Å². The molecule has 0 atom stereocenters. The number of hydrogen-bond acceptors (Lipinski definition) is 4. The number of hydrogen-bond donors (Lipinski definition) is 2. The summed E-state index contributed by atoms with van der Waals surface area (Å²) in [5, 5.41) is 0. The van der Waals surface area contributed by atoms with Crippen LogP contribution in [0.2, 0.25) is 0 Å². The lowest BCUT2D eigenvalue weighted by molar-refractivity contribution is 0.601. The van der Waals surface area contributed by atoms with Crippen LogP contribution >= 0.6 is 15.9 Å². The van der Waals surface area contributed by atoms with E-state index in [4.69, 9.17) is 5.73 Å². The lowest BCUT2D eigenvalue weighted by Crippen LogP contribution is -2.13. The zero-order valence-corrected chi connectivity index (χ0v) is 11.6. The van der Waals surface area contributed by atoms with Crippen LogP contribution in [-0.2, 0) is 10.0 Å². The number of nitrogen functional groups attached to an aromatic ring is 1. The molecular formula is C11H10BrN3O2S. The normalized spacial score (nSPS) is 11.2. The third-order valence-electron chi connectivity index (χ3n) is 2.15. The fraction of sp³-hybridized carbons (Fsp3) is 0. The number of halogens is 1. The molecule has 0 radical (unpaired) electrons. The molecule has 0 saturated heterocycles. The Labute approximate surface area is 113 Å². The van der Waals surface area contributed by atoms with Crippen LogP contribution in [0.1, 0.15) is 0 Å². The number of pyridine rings is 1. The quantitative estimate of drug-likeness (QED) is 0.905. The molecule has 0 aliphatic heterocycles. The standard InChI is InChI=1S/C11H10BrN3O2S/c12-8-1-3-10(4-2-8)18(16,17)15-11-7-9(13)5-6-14-11/h1-7H,(H3,13,14,15). The summed E-state index contributed by atoms with van der Waals surface area (Å²) in [7, 11) is -3.64. The molecule has 0 bridgehead atoms. The van der Waals surface area contributed by atoms with E-state index in [1.54, 1.807) is 18.2 Å². The Balaban J connectivity index is 2.30. The van der Waals surface area contributed by atoms with Crippen molar-refractivity contribution in [2.45, 2.75) is 4.90 Å². The molecule has 18 heavy (non-hydrogen) atoms. The van der Waals surface area contributed by atoms with Crippen LogP contribution in [0.15, 0.2) is 52.0 Å². The van der Waals surface area contributed by atoms with Gasteiger partial charge in [-0.2, -0.15) is 0 Å². The Bertz CT molecular complexity index is 656. The van der Waals surface area contributed by atoms with Crippen molar-refractivity contribution in [2.24, 2.45) is 0 Å².